The molecular weight excluding hydrogens is 356 g/mol. The van der Waals surface area contributed by atoms with Crippen molar-refractivity contribution >= 4 is 21.8 Å². The lowest BCUT2D eigenvalue weighted by atomic mass is 10.1. The molecule has 0 unspecified atom stereocenters. The van der Waals surface area contributed by atoms with E-state index >= 15 is 0 Å². The molecule has 0 atom stereocenters. The maximum atomic E-state index is 13.0. The van der Waals surface area contributed by atoms with Gasteiger partial charge in [0.25, 0.3) is 0 Å². The minimum Gasteiger partial charge on any atom is -0.492 e. The molecule has 0 aliphatic heterocycles. The molecular formula is C16H14BrF2NO2. The lowest BCUT2D eigenvalue weighted by Crippen LogP contribution is -2.29. The highest BCUT2D eigenvalue weighted by Crippen LogP contribution is 2.15. The molecule has 0 fully saturated rings. The van der Waals surface area contributed by atoms with Gasteiger partial charge in [-0.2, -0.15) is 0 Å². The minimum absolute atomic E-state index is 0.129. The van der Waals surface area contributed by atoms with Crippen LogP contribution in [0.25, 0.3) is 0 Å². The second kappa shape index (κ2) is 7.89. The van der Waals surface area contributed by atoms with Crippen molar-refractivity contribution in [2.24, 2.45) is 0 Å². The van der Waals surface area contributed by atoms with Crippen LogP contribution in [0.3, 0.4) is 0 Å². The van der Waals surface area contributed by atoms with Gasteiger partial charge in [0.1, 0.15) is 12.4 Å². The first-order chi connectivity index (χ1) is 10.5. The Bertz CT molecular complexity index is 647. The van der Waals surface area contributed by atoms with E-state index in [0.717, 1.165) is 22.2 Å². The summed E-state index contributed by atoms with van der Waals surface area (Å²) in [6.07, 6.45) is 0.276. The molecule has 0 heterocycles. The van der Waals surface area contributed by atoms with Crippen LogP contribution in [0.2, 0.25) is 0 Å². The Balaban J connectivity index is 1.70. The number of carbonyl (C=O) groups excluding carboxylic acids is 1. The number of halogens is 3. The molecule has 2 aromatic carbocycles. The summed E-state index contributed by atoms with van der Waals surface area (Å²) in [4.78, 5) is 11.7. The maximum Gasteiger partial charge on any atom is 0.224 e. The van der Waals surface area contributed by atoms with E-state index in [-0.39, 0.29) is 31.2 Å². The van der Waals surface area contributed by atoms with Crippen LogP contribution in [0.4, 0.5) is 8.78 Å². The fourth-order valence-corrected chi connectivity index (χ4v) is 2.04. The molecule has 1 N–H and O–H groups in total. The molecule has 0 aliphatic rings. The summed E-state index contributed by atoms with van der Waals surface area (Å²) in [5.74, 6) is -1.79. The molecule has 22 heavy (non-hydrogen) atoms. The molecule has 0 aliphatic carbocycles. The summed E-state index contributed by atoms with van der Waals surface area (Å²) in [7, 11) is 0. The molecule has 0 saturated heterocycles. The van der Waals surface area contributed by atoms with Gasteiger partial charge in [0.2, 0.25) is 5.91 Å². The summed E-state index contributed by atoms with van der Waals surface area (Å²) in [5.41, 5.74) is 0.905. The number of carbonyl (C=O) groups is 1. The average Bonchev–Trinajstić information content (AvgIpc) is 2.49. The van der Waals surface area contributed by atoms with Gasteiger partial charge < -0.3 is 10.1 Å². The first kappa shape index (κ1) is 16.4. The van der Waals surface area contributed by atoms with Gasteiger partial charge in [0, 0.05) is 10.5 Å². The van der Waals surface area contributed by atoms with Crippen molar-refractivity contribution in [2.75, 3.05) is 13.2 Å². The second-order valence-corrected chi connectivity index (χ2v) is 5.49. The van der Waals surface area contributed by atoms with Crippen molar-refractivity contribution in [3.05, 3.63) is 64.1 Å². The number of hydrogen-bond acceptors (Lipinski definition) is 2. The van der Waals surface area contributed by atoms with Gasteiger partial charge in [-0.1, -0.05) is 28.1 Å². The molecule has 0 bridgehead atoms. The zero-order valence-corrected chi connectivity index (χ0v) is 13.2. The quantitative estimate of drug-likeness (QED) is 0.791. The standard InChI is InChI=1S/C16H14BrF2NO2/c17-12-3-1-11(2-4-12)9-16(21)20-7-8-22-13-5-6-14(18)15(19)10-13/h1-6,10H,7-9H2,(H,20,21). The minimum atomic E-state index is -0.961. The summed E-state index contributed by atoms with van der Waals surface area (Å²) in [6, 6.07) is 10.8. The first-order valence-electron chi connectivity index (χ1n) is 6.63. The average molecular weight is 370 g/mol. The molecule has 0 spiro atoms. The van der Waals surface area contributed by atoms with Crippen LogP contribution in [0, 0.1) is 11.6 Å². The number of hydrogen-bond donors (Lipinski definition) is 1. The number of amides is 1. The van der Waals surface area contributed by atoms with E-state index in [4.69, 9.17) is 4.74 Å². The summed E-state index contributed by atoms with van der Waals surface area (Å²) >= 11 is 3.33. The number of benzene rings is 2. The Kier molecular flexibility index (Phi) is 5.89. The lowest BCUT2D eigenvalue weighted by Gasteiger charge is -2.08. The largest absolute Gasteiger partial charge is 0.492 e. The number of nitrogens with one attached hydrogen (secondary N) is 1. The van der Waals surface area contributed by atoms with Gasteiger partial charge in [0.15, 0.2) is 11.6 Å². The van der Waals surface area contributed by atoms with E-state index in [1.807, 2.05) is 24.3 Å². The van der Waals surface area contributed by atoms with Crippen LogP contribution >= 0.6 is 15.9 Å². The normalized spacial score (nSPS) is 10.3. The zero-order chi connectivity index (χ0) is 15.9. The predicted molar refractivity (Wildman–Crippen MR) is 82.7 cm³/mol. The molecule has 6 heteroatoms. The van der Waals surface area contributed by atoms with Crippen LogP contribution in [0.5, 0.6) is 5.75 Å². The van der Waals surface area contributed by atoms with Gasteiger partial charge in [-0.05, 0) is 29.8 Å². The highest BCUT2D eigenvalue weighted by Gasteiger charge is 2.05. The van der Waals surface area contributed by atoms with Crippen LogP contribution < -0.4 is 10.1 Å². The smallest absolute Gasteiger partial charge is 0.224 e. The highest BCUT2D eigenvalue weighted by atomic mass is 79.9. The Labute approximate surface area is 135 Å². The molecule has 2 aromatic rings. The molecule has 3 nitrogen and oxygen atoms in total. The van der Waals surface area contributed by atoms with Gasteiger partial charge in [0.05, 0.1) is 13.0 Å². The van der Waals surface area contributed by atoms with E-state index in [1.54, 1.807) is 0 Å². The van der Waals surface area contributed by atoms with Crippen molar-refractivity contribution in [1.29, 1.82) is 0 Å². The lowest BCUT2D eigenvalue weighted by molar-refractivity contribution is -0.120. The van der Waals surface area contributed by atoms with E-state index in [1.165, 1.54) is 6.07 Å². The molecule has 116 valence electrons. The Morgan fingerprint density at radius 3 is 2.50 bits per heavy atom. The molecule has 2 rings (SSSR count). The third-order valence-corrected chi connectivity index (χ3v) is 3.39. The van der Waals surface area contributed by atoms with Crippen molar-refractivity contribution < 1.29 is 18.3 Å². The van der Waals surface area contributed by atoms with Gasteiger partial charge >= 0.3 is 0 Å². The molecule has 0 saturated carbocycles. The van der Waals surface area contributed by atoms with E-state index < -0.39 is 11.6 Å². The van der Waals surface area contributed by atoms with Crippen LogP contribution in [0.1, 0.15) is 5.56 Å². The maximum absolute atomic E-state index is 13.0. The number of rotatable bonds is 6. The van der Waals surface area contributed by atoms with E-state index in [0.29, 0.717) is 0 Å². The Hall–Kier alpha value is -1.95. The molecule has 0 radical (unpaired) electrons. The summed E-state index contributed by atoms with van der Waals surface area (Å²) < 4.78 is 31.9. The Morgan fingerprint density at radius 1 is 1.09 bits per heavy atom. The van der Waals surface area contributed by atoms with Crippen molar-refractivity contribution in [1.82, 2.24) is 5.32 Å². The van der Waals surface area contributed by atoms with Crippen LogP contribution in [-0.2, 0) is 11.2 Å². The zero-order valence-electron chi connectivity index (χ0n) is 11.6. The summed E-state index contributed by atoms with van der Waals surface area (Å²) in [6.45, 7) is 0.464. The van der Waals surface area contributed by atoms with Gasteiger partial charge in [-0.25, -0.2) is 8.78 Å². The molecule has 0 aromatic heterocycles. The third-order valence-electron chi connectivity index (χ3n) is 2.86. The first-order valence-corrected chi connectivity index (χ1v) is 7.43. The Morgan fingerprint density at radius 2 is 1.82 bits per heavy atom. The van der Waals surface area contributed by atoms with Crippen molar-refractivity contribution in [3.63, 3.8) is 0 Å². The fourth-order valence-electron chi connectivity index (χ4n) is 1.78. The topological polar surface area (TPSA) is 38.3 Å². The monoisotopic (exact) mass is 369 g/mol. The summed E-state index contributed by atoms with van der Waals surface area (Å²) in [5, 5.41) is 2.70. The SMILES string of the molecule is O=C(Cc1ccc(Br)cc1)NCCOc1ccc(F)c(F)c1. The van der Waals surface area contributed by atoms with E-state index in [9.17, 15) is 13.6 Å². The molecule has 1 amide bonds. The predicted octanol–water partition coefficient (Wildman–Crippen LogP) is 3.47. The van der Waals surface area contributed by atoms with Crippen LogP contribution in [0.15, 0.2) is 46.9 Å². The van der Waals surface area contributed by atoms with Crippen LogP contribution in [-0.4, -0.2) is 19.1 Å². The van der Waals surface area contributed by atoms with Crippen molar-refractivity contribution in [2.45, 2.75) is 6.42 Å². The fraction of sp³-hybridized carbons (Fsp3) is 0.188. The number of ether oxygens (including phenoxy) is 1. The second-order valence-electron chi connectivity index (χ2n) is 4.58. The third kappa shape index (κ3) is 5.11. The van der Waals surface area contributed by atoms with Gasteiger partial charge in [-0.3, -0.25) is 4.79 Å². The van der Waals surface area contributed by atoms with Gasteiger partial charge in [-0.15, -0.1) is 0 Å². The van der Waals surface area contributed by atoms with Crippen molar-refractivity contribution in [3.8, 4) is 5.75 Å². The van der Waals surface area contributed by atoms with E-state index in [2.05, 4.69) is 21.2 Å². The highest BCUT2D eigenvalue weighted by molar-refractivity contribution is 9.10.